The van der Waals surface area contributed by atoms with Gasteiger partial charge in [-0.05, 0) is 17.9 Å². The van der Waals surface area contributed by atoms with Crippen molar-refractivity contribution in [3.8, 4) is 0 Å². The van der Waals surface area contributed by atoms with Crippen molar-refractivity contribution in [3.05, 3.63) is 52.6 Å². The minimum absolute atomic E-state index is 0.0187. The highest BCUT2D eigenvalue weighted by molar-refractivity contribution is 6.10. The molecule has 0 unspecified atom stereocenters. The fraction of sp³-hybridized carbons (Fsp3) is 0.235. The van der Waals surface area contributed by atoms with E-state index in [-0.39, 0.29) is 18.3 Å². The molecule has 0 spiro atoms. The molecule has 1 aromatic heterocycles. The number of nitro groups is 1. The first-order valence-corrected chi connectivity index (χ1v) is 7.48. The summed E-state index contributed by atoms with van der Waals surface area (Å²) in [6.45, 7) is 2.01. The minimum Gasteiger partial charge on any atom is -0.394 e. The summed E-state index contributed by atoms with van der Waals surface area (Å²) in [5.41, 5.74) is 0.733. The average molecular weight is 311 g/mol. The Bertz CT molecular complexity index is 875. The van der Waals surface area contributed by atoms with Gasteiger partial charge in [0.25, 0.3) is 5.69 Å². The molecule has 0 bridgehead atoms. The summed E-state index contributed by atoms with van der Waals surface area (Å²) in [5.74, 6) is 0.683. The van der Waals surface area contributed by atoms with E-state index >= 15 is 0 Å². The minimum atomic E-state index is -0.404. The molecule has 2 aromatic carbocycles. The number of anilines is 1. The zero-order chi connectivity index (χ0) is 16.4. The number of nitro benzene ring substituents is 1. The zero-order valence-electron chi connectivity index (χ0n) is 12.7. The quantitative estimate of drug-likeness (QED) is 0.428. The van der Waals surface area contributed by atoms with Crippen molar-refractivity contribution < 1.29 is 10.0 Å². The SMILES string of the molecule is CC[C@@H](CO)Nc1nc2ccc([N+](=O)[O-])cc2c2ccccc12. The molecule has 2 N–H and O–H groups in total. The third-order valence-electron chi connectivity index (χ3n) is 3.95. The van der Waals surface area contributed by atoms with E-state index < -0.39 is 4.92 Å². The number of hydrogen-bond acceptors (Lipinski definition) is 5. The second kappa shape index (κ2) is 6.18. The highest BCUT2D eigenvalue weighted by atomic mass is 16.6. The number of benzene rings is 2. The van der Waals surface area contributed by atoms with Gasteiger partial charge in [0.15, 0.2) is 0 Å². The number of hydrogen-bond donors (Lipinski definition) is 2. The zero-order valence-corrected chi connectivity index (χ0v) is 12.7. The van der Waals surface area contributed by atoms with Gasteiger partial charge in [-0.2, -0.15) is 0 Å². The van der Waals surface area contributed by atoms with Crippen LogP contribution in [0.1, 0.15) is 13.3 Å². The Morgan fingerprint density at radius 2 is 1.96 bits per heavy atom. The summed E-state index contributed by atoms with van der Waals surface area (Å²) in [6, 6.07) is 12.2. The van der Waals surface area contributed by atoms with Crippen LogP contribution in [0.4, 0.5) is 11.5 Å². The molecule has 6 heteroatoms. The standard InChI is InChI=1S/C17H17N3O3/c1-2-11(10-21)18-17-14-6-4-3-5-13(14)15-9-12(20(22)23)7-8-16(15)19-17/h3-9,11,21H,2,10H2,1H3,(H,18,19)/t11-/m0/s1. The van der Waals surface area contributed by atoms with Gasteiger partial charge in [0.1, 0.15) is 5.82 Å². The van der Waals surface area contributed by atoms with Gasteiger partial charge < -0.3 is 10.4 Å². The van der Waals surface area contributed by atoms with Crippen LogP contribution in [0, 0.1) is 10.1 Å². The van der Waals surface area contributed by atoms with Crippen molar-refractivity contribution in [2.75, 3.05) is 11.9 Å². The Hall–Kier alpha value is -2.73. The van der Waals surface area contributed by atoms with Crippen LogP contribution in [0.5, 0.6) is 0 Å². The molecule has 0 saturated heterocycles. The van der Waals surface area contributed by atoms with Gasteiger partial charge in [-0.25, -0.2) is 4.98 Å². The molecule has 0 aliphatic carbocycles. The lowest BCUT2D eigenvalue weighted by atomic mass is 10.0. The first-order chi connectivity index (χ1) is 11.1. The van der Waals surface area contributed by atoms with Crippen molar-refractivity contribution in [3.63, 3.8) is 0 Å². The van der Waals surface area contributed by atoms with E-state index in [9.17, 15) is 15.2 Å². The number of rotatable bonds is 5. The van der Waals surface area contributed by atoms with Gasteiger partial charge in [0, 0.05) is 22.9 Å². The molecule has 3 rings (SSSR count). The number of nitrogens with zero attached hydrogens (tertiary/aromatic N) is 2. The van der Waals surface area contributed by atoms with Gasteiger partial charge >= 0.3 is 0 Å². The van der Waals surface area contributed by atoms with Crippen molar-refractivity contribution in [1.82, 2.24) is 4.98 Å². The first kappa shape index (κ1) is 15.2. The number of fused-ring (bicyclic) bond motifs is 3. The summed E-state index contributed by atoms with van der Waals surface area (Å²) in [6.07, 6.45) is 0.769. The van der Waals surface area contributed by atoms with Crippen LogP contribution in [-0.4, -0.2) is 27.7 Å². The molecule has 118 valence electrons. The van der Waals surface area contributed by atoms with Crippen molar-refractivity contribution in [1.29, 1.82) is 0 Å². The van der Waals surface area contributed by atoms with Gasteiger partial charge in [0.05, 0.1) is 23.1 Å². The largest absolute Gasteiger partial charge is 0.394 e. The van der Waals surface area contributed by atoms with Crippen LogP contribution in [0.2, 0.25) is 0 Å². The number of nitrogens with one attached hydrogen (secondary N) is 1. The molecular weight excluding hydrogens is 294 g/mol. The lowest BCUT2D eigenvalue weighted by Gasteiger charge is -2.17. The van der Waals surface area contributed by atoms with Crippen LogP contribution in [-0.2, 0) is 0 Å². The van der Waals surface area contributed by atoms with E-state index in [1.54, 1.807) is 12.1 Å². The topological polar surface area (TPSA) is 88.3 Å². The summed E-state index contributed by atoms with van der Waals surface area (Å²) < 4.78 is 0. The molecule has 23 heavy (non-hydrogen) atoms. The van der Waals surface area contributed by atoms with Crippen LogP contribution < -0.4 is 5.32 Å². The normalized spacial score (nSPS) is 12.4. The van der Waals surface area contributed by atoms with Gasteiger partial charge in [0.2, 0.25) is 0 Å². The van der Waals surface area contributed by atoms with Crippen LogP contribution >= 0.6 is 0 Å². The van der Waals surface area contributed by atoms with E-state index in [0.29, 0.717) is 11.3 Å². The fourth-order valence-electron chi connectivity index (χ4n) is 2.64. The van der Waals surface area contributed by atoms with Crippen LogP contribution in [0.25, 0.3) is 21.7 Å². The van der Waals surface area contributed by atoms with Crippen molar-refractivity contribution in [2.24, 2.45) is 0 Å². The molecule has 1 atom stereocenters. The maximum absolute atomic E-state index is 11.0. The van der Waals surface area contributed by atoms with Gasteiger partial charge in [-0.15, -0.1) is 0 Å². The number of aromatic nitrogens is 1. The monoisotopic (exact) mass is 311 g/mol. The van der Waals surface area contributed by atoms with Crippen molar-refractivity contribution >= 4 is 33.2 Å². The van der Waals surface area contributed by atoms with E-state index in [2.05, 4.69) is 10.3 Å². The second-order valence-corrected chi connectivity index (χ2v) is 5.40. The molecule has 3 aromatic rings. The molecule has 0 fully saturated rings. The van der Waals surface area contributed by atoms with Crippen LogP contribution in [0.3, 0.4) is 0 Å². The Morgan fingerprint density at radius 3 is 2.61 bits per heavy atom. The van der Waals surface area contributed by atoms with E-state index in [1.807, 2.05) is 31.2 Å². The molecule has 1 heterocycles. The molecule has 0 saturated carbocycles. The molecule has 0 radical (unpaired) electrons. The Morgan fingerprint density at radius 1 is 1.22 bits per heavy atom. The van der Waals surface area contributed by atoms with Crippen molar-refractivity contribution in [2.45, 2.75) is 19.4 Å². The average Bonchev–Trinajstić information content (AvgIpc) is 2.59. The highest BCUT2D eigenvalue weighted by Gasteiger charge is 2.14. The molecule has 0 aliphatic rings. The highest BCUT2D eigenvalue weighted by Crippen LogP contribution is 2.31. The third-order valence-corrected chi connectivity index (χ3v) is 3.95. The van der Waals surface area contributed by atoms with Crippen LogP contribution in [0.15, 0.2) is 42.5 Å². The summed E-state index contributed by atoms with van der Waals surface area (Å²) >= 11 is 0. The van der Waals surface area contributed by atoms with Gasteiger partial charge in [-0.1, -0.05) is 31.2 Å². The Kier molecular flexibility index (Phi) is 4.08. The number of pyridine rings is 1. The summed E-state index contributed by atoms with van der Waals surface area (Å²) in [7, 11) is 0. The first-order valence-electron chi connectivity index (χ1n) is 7.48. The second-order valence-electron chi connectivity index (χ2n) is 5.40. The molecule has 0 aliphatic heterocycles. The lowest BCUT2D eigenvalue weighted by Crippen LogP contribution is -2.23. The number of non-ortho nitro benzene ring substituents is 1. The summed E-state index contributed by atoms with van der Waals surface area (Å²) in [4.78, 5) is 15.2. The fourth-order valence-corrected chi connectivity index (χ4v) is 2.64. The smallest absolute Gasteiger partial charge is 0.270 e. The van der Waals surface area contributed by atoms with E-state index in [0.717, 1.165) is 22.6 Å². The molecule has 6 nitrogen and oxygen atoms in total. The molecule has 0 amide bonds. The predicted molar refractivity (Wildman–Crippen MR) is 90.7 cm³/mol. The summed E-state index contributed by atoms with van der Waals surface area (Å²) in [5, 5.41) is 26.2. The maximum Gasteiger partial charge on any atom is 0.270 e. The third kappa shape index (κ3) is 2.80. The Labute approximate surface area is 132 Å². The lowest BCUT2D eigenvalue weighted by molar-refractivity contribution is -0.384. The number of aliphatic hydroxyl groups is 1. The molecular formula is C17H17N3O3. The van der Waals surface area contributed by atoms with Gasteiger partial charge in [-0.3, -0.25) is 10.1 Å². The predicted octanol–water partition coefficient (Wildman–Crippen LogP) is 3.48. The van der Waals surface area contributed by atoms with E-state index in [4.69, 9.17) is 0 Å². The Balaban J connectivity index is 2.25. The van der Waals surface area contributed by atoms with E-state index in [1.165, 1.54) is 6.07 Å². The number of aliphatic hydroxyl groups excluding tert-OH is 1. The maximum atomic E-state index is 11.0.